The zero-order valence-corrected chi connectivity index (χ0v) is 7.88. The Kier molecular flexibility index (Phi) is 4.00. The number of carbonyl (C=O) groups excluding carboxylic acids is 1. The molecule has 0 saturated heterocycles. The Labute approximate surface area is 81.8 Å². The quantitative estimate of drug-likeness (QED) is 0.683. The van der Waals surface area contributed by atoms with Gasteiger partial charge in [-0.05, 0) is 13.0 Å². The second-order valence-corrected chi connectivity index (χ2v) is 2.64. The monoisotopic (exact) mass is 196 g/mol. The summed E-state index contributed by atoms with van der Waals surface area (Å²) < 4.78 is 4.63. The number of aliphatic hydroxyl groups is 1. The molecule has 1 aromatic heterocycles. The smallest absolute Gasteiger partial charge is 0.335 e. The van der Waals surface area contributed by atoms with Gasteiger partial charge >= 0.3 is 5.97 Å². The average molecular weight is 196 g/mol. The number of nitrogens with zero attached hydrogens (tertiary/aromatic N) is 2. The number of rotatable bonds is 4. The van der Waals surface area contributed by atoms with Crippen LogP contribution in [-0.2, 0) is 16.0 Å². The van der Waals surface area contributed by atoms with E-state index < -0.39 is 12.1 Å². The van der Waals surface area contributed by atoms with Gasteiger partial charge in [0.25, 0.3) is 0 Å². The fraction of sp³-hybridized carbons (Fsp3) is 0.444. The second-order valence-electron chi connectivity index (χ2n) is 2.64. The minimum atomic E-state index is -1.18. The van der Waals surface area contributed by atoms with Crippen LogP contribution in [0.15, 0.2) is 18.5 Å². The van der Waals surface area contributed by atoms with Crippen LogP contribution in [0, 0.1) is 0 Å². The molecule has 5 nitrogen and oxygen atoms in total. The van der Waals surface area contributed by atoms with E-state index in [-0.39, 0.29) is 13.0 Å². The molecule has 1 N–H and O–H groups in total. The molecule has 1 atom stereocenters. The molecule has 5 heteroatoms. The van der Waals surface area contributed by atoms with Crippen LogP contribution in [0.1, 0.15) is 12.7 Å². The Balaban J connectivity index is 2.49. The molecule has 0 aliphatic carbocycles. The molecule has 0 spiro atoms. The highest BCUT2D eigenvalue weighted by Crippen LogP contribution is 1.97. The number of aliphatic hydroxyl groups excluding tert-OH is 1. The van der Waals surface area contributed by atoms with Gasteiger partial charge in [-0.1, -0.05) is 0 Å². The van der Waals surface area contributed by atoms with Crippen LogP contribution in [0.25, 0.3) is 0 Å². The van der Waals surface area contributed by atoms with Crippen molar-refractivity contribution < 1.29 is 14.6 Å². The molecule has 0 amide bonds. The van der Waals surface area contributed by atoms with E-state index in [0.29, 0.717) is 5.82 Å². The molecule has 0 radical (unpaired) electrons. The van der Waals surface area contributed by atoms with E-state index >= 15 is 0 Å². The van der Waals surface area contributed by atoms with E-state index in [1.54, 1.807) is 25.4 Å². The van der Waals surface area contributed by atoms with Gasteiger partial charge in [-0.3, -0.25) is 0 Å². The summed E-state index contributed by atoms with van der Waals surface area (Å²) in [5, 5.41) is 9.35. The SMILES string of the molecule is CCOC(=O)C(O)Cc1ncccn1. The number of carbonyl (C=O) groups is 1. The summed E-state index contributed by atoms with van der Waals surface area (Å²) >= 11 is 0. The molecule has 1 heterocycles. The molecule has 0 saturated carbocycles. The zero-order valence-electron chi connectivity index (χ0n) is 7.88. The zero-order chi connectivity index (χ0) is 10.4. The Bertz CT molecular complexity index is 289. The minimum Gasteiger partial charge on any atom is -0.464 e. The van der Waals surface area contributed by atoms with Gasteiger partial charge in [0.05, 0.1) is 6.61 Å². The summed E-state index contributed by atoms with van der Waals surface area (Å²) in [6, 6.07) is 1.67. The van der Waals surface area contributed by atoms with E-state index in [1.807, 2.05) is 0 Å². The highest BCUT2D eigenvalue weighted by Gasteiger charge is 2.17. The van der Waals surface area contributed by atoms with Crippen molar-refractivity contribution in [3.63, 3.8) is 0 Å². The minimum absolute atomic E-state index is 0.0830. The lowest BCUT2D eigenvalue weighted by atomic mass is 10.2. The lowest BCUT2D eigenvalue weighted by Crippen LogP contribution is -2.26. The van der Waals surface area contributed by atoms with Gasteiger partial charge in [-0.25, -0.2) is 14.8 Å². The first-order valence-electron chi connectivity index (χ1n) is 4.34. The highest BCUT2D eigenvalue weighted by molar-refractivity contribution is 5.74. The van der Waals surface area contributed by atoms with Crippen LogP contribution in [0.5, 0.6) is 0 Å². The Morgan fingerprint density at radius 3 is 2.79 bits per heavy atom. The lowest BCUT2D eigenvalue weighted by Gasteiger charge is -2.07. The van der Waals surface area contributed by atoms with Crippen molar-refractivity contribution in [1.29, 1.82) is 0 Å². The number of hydrogen-bond acceptors (Lipinski definition) is 5. The van der Waals surface area contributed by atoms with Gasteiger partial charge in [-0.15, -0.1) is 0 Å². The van der Waals surface area contributed by atoms with Crippen molar-refractivity contribution in [2.24, 2.45) is 0 Å². The first-order valence-corrected chi connectivity index (χ1v) is 4.34. The Hall–Kier alpha value is -1.49. The molecular formula is C9H12N2O3. The van der Waals surface area contributed by atoms with Crippen LogP contribution < -0.4 is 0 Å². The predicted octanol–water partition coefficient (Wildman–Crippen LogP) is -0.0569. The fourth-order valence-corrected chi connectivity index (χ4v) is 0.930. The molecule has 14 heavy (non-hydrogen) atoms. The van der Waals surface area contributed by atoms with Crippen molar-refractivity contribution in [2.75, 3.05) is 6.61 Å². The standard InChI is InChI=1S/C9H12N2O3/c1-2-14-9(13)7(12)6-8-10-4-3-5-11-8/h3-5,7,12H,2,6H2,1H3. The van der Waals surface area contributed by atoms with Gasteiger partial charge < -0.3 is 9.84 Å². The van der Waals surface area contributed by atoms with Crippen LogP contribution in [0.2, 0.25) is 0 Å². The molecular weight excluding hydrogens is 184 g/mol. The first kappa shape index (κ1) is 10.6. The Morgan fingerprint density at radius 2 is 2.21 bits per heavy atom. The third kappa shape index (κ3) is 3.10. The van der Waals surface area contributed by atoms with E-state index in [0.717, 1.165) is 0 Å². The van der Waals surface area contributed by atoms with Crippen molar-refractivity contribution in [2.45, 2.75) is 19.4 Å². The predicted molar refractivity (Wildman–Crippen MR) is 48.4 cm³/mol. The van der Waals surface area contributed by atoms with Gasteiger partial charge in [0.15, 0.2) is 6.10 Å². The number of ether oxygens (including phenoxy) is 1. The first-order chi connectivity index (χ1) is 6.74. The molecule has 0 aromatic carbocycles. The largest absolute Gasteiger partial charge is 0.464 e. The topological polar surface area (TPSA) is 72.3 Å². The van der Waals surface area contributed by atoms with Crippen LogP contribution in [0.3, 0.4) is 0 Å². The van der Waals surface area contributed by atoms with Gasteiger partial charge in [0.2, 0.25) is 0 Å². The van der Waals surface area contributed by atoms with E-state index in [2.05, 4.69) is 14.7 Å². The summed E-state index contributed by atoms with van der Waals surface area (Å²) in [4.78, 5) is 18.8. The van der Waals surface area contributed by atoms with E-state index in [1.165, 1.54) is 0 Å². The molecule has 0 aliphatic rings. The summed E-state index contributed by atoms with van der Waals surface area (Å²) in [6.07, 6.45) is 2.01. The van der Waals surface area contributed by atoms with Crippen LogP contribution in [0.4, 0.5) is 0 Å². The van der Waals surface area contributed by atoms with Crippen molar-refractivity contribution in [3.05, 3.63) is 24.3 Å². The maximum absolute atomic E-state index is 11.0. The molecule has 0 fully saturated rings. The van der Waals surface area contributed by atoms with Gasteiger partial charge in [0, 0.05) is 18.8 Å². The molecule has 0 bridgehead atoms. The second kappa shape index (κ2) is 5.29. The number of aromatic nitrogens is 2. The average Bonchev–Trinajstić information content (AvgIpc) is 2.19. The maximum Gasteiger partial charge on any atom is 0.335 e. The van der Waals surface area contributed by atoms with E-state index in [9.17, 15) is 9.90 Å². The van der Waals surface area contributed by atoms with Crippen LogP contribution >= 0.6 is 0 Å². The summed E-state index contributed by atoms with van der Waals surface area (Å²) in [5.41, 5.74) is 0. The van der Waals surface area contributed by atoms with Crippen molar-refractivity contribution in [1.82, 2.24) is 9.97 Å². The lowest BCUT2D eigenvalue weighted by molar-refractivity contribution is -0.152. The fourth-order valence-electron chi connectivity index (χ4n) is 0.930. The van der Waals surface area contributed by atoms with Gasteiger partial charge in [0.1, 0.15) is 5.82 Å². The third-order valence-electron chi connectivity index (χ3n) is 1.55. The molecule has 76 valence electrons. The van der Waals surface area contributed by atoms with Gasteiger partial charge in [-0.2, -0.15) is 0 Å². The number of esters is 1. The van der Waals surface area contributed by atoms with Crippen molar-refractivity contribution in [3.8, 4) is 0 Å². The summed E-state index contributed by atoms with van der Waals surface area (Å²) in [7, 11) is 0. The normalized spacial score (nSPS) is 12.1. The van der Waals surface area contributed by atoms with Crippen LogP contribution in [-0.4, -0.2) is 33.8 Å². The summed E-state index contributed by atoms with van der Waals surface area (Å²) in [6.45, 7) is 1.94. The summed E-state index contributed by atoms with van der Waals surface area (Å²) in [5.74, 6) is -0.215. The highest BCUT2D eigenvalue weighted by atomic mass is 16.5. The molecule has 1 aromatic rings. The number of hydrogen-bond donors (Lipinski definition) is 1. The van der Waals surface area contributed by atoms with E-state index in [4.69, 9.17) is 0 Å². The molecule has 1 unspecified atom stereocenters. The van der Waals surface area contributed by atoms with Crippen molar-refractivity contribution >= 4 is 5.97 Å². The molecule has 1 rings (SSSR count). The maximum atomic E-state index is 11.0. The third-order valence-corrected chi connectivity index (χ3v) is 1.55. The molecule has 0 aliphatic heterocycles. The Morgan fingerprint density at radius 1 is 1.57 bits per heavy atom.